The average molecular weight is 490 g/mol. The standard InChI is InChI=1S/C23H24ClN3O5S/c1-27(19-5-3-2-4-6-19)33(29,30)20-13-9-17(10-14-20)23(28)31-15-21-25-26-22(32-21)16-7-11-18(24)12-8-16/h7-14,19H,2-6,15H2,1H3. The zero-order valence-electron chi connectivity index (χ0n) is 18.1. The molecular weight excluding hydrogens is 466 g/mol. The first-order valence-electron chi connectivity index (χ1n) is 10.7. The van der Waals surface area contributed by atoms with E-state index in [1.807, 2.05) is 0 Å². The van der Waals surface area contributed by atoms with Crippen LogP contribution in [0.3, 0.4) is 0 Å². The van der Waals surface area contributed by atoms with Gasteiger partial charge in [-0.15, -0.1) is 10.2 Å². The van der Waals surface area contributed by atoms with E-state index in [0.717, 1.165) is 32.1 Å². The van der Waals surface area contributed by atoms with Crippen molar-refractivity contribution in [2.24, 2.45) is 0 Å². The van der Waals surface area contributed by atoms with Crippen LogP contribution >= 0.6 is 11.6 Å². The van der Waals surface area contributed by atoms with Gasteiger partial charge in [-0.05, 0) is 61.4 Å². The van der Waals surface area contributed by atoms with Gasteiger partial charge in [-0.3, -0.25) is 0 Å². The number of halogens is 1. The Bertz CT molecular complexity index is 1200. The number of nitrogens with zero attached hydrogens (tertiary/aromatic N) is 3. The van der Waals surface area contributed by atoms with Gasteiger partial charge in [-0.1, -0.05) is 30.9 Å². The highest BCUT2D eigenvalue weighted by molar-refractivity contribution is 7.89. The maximum absolute atomic E-state index is 12.9. The smallest absolute Gasteiger partial charge is 0.338 e. The summed E-state index contributed by atoms with van der Waals surface area (Å²) in [5, 5.41) is 8.41. The normalized spacial score (nSPS) is 15.0. The van der Waals surface area contributed by atoms with Crippen LogP contribution < -0.4 is 0 Å². The minimum absolute atomic E-state index is 0.0144. The SMILES string of the molecule is CN(C1CCCCC1)S(=O)(=O)c1ccc(C(=O)OCc2nnc(-c3ccc(Cl)cc3)o2)cc1. The number of benzene rings is 2. The van der Waals surface area contributed by atoms with Gasteiger partial charge in [0.25, 0.3) is 5.89 Å². The Hall–Kier alpha value is -2.75. The van der Waals surface area contributed by atoms with Crippen LogP contribution in [0.5, 0.6) is 0 Å². The van der Waals surface area contributed by atoms with E-state index in [0.29, 0.717) is 10.6 Å². The van der Waals surface area contributed by atoms with Crippen molar-refractivity contribution in [2.75, 3.05) is 7.05 Å². The average Bonchev–Trinajstić information content (AvgIpc) is 3.32. The molecule has 0 unspecified atom stereocenters. The van der Waals surface area contributed by atoms with E-state index in [4.69, 9.17) is 20.8 Å². The summed E-state index contributed by atoms with van der Waals surface area (Å²) in [6.07, 6.45) is 4.96. The lowest BCUT2D eigenvalue weighted by Crippen LogP contribution is -2.38. The van der Waals surface area contributed by atoms with Crippen molar-refractivity contribution in [1.29, 1.82) is 0 Å². The predicted octanol–water partition coefficient (Wildman–Crippen LogP) is 4.70. The first kappa shape index (κ1) is 23.4. The fraction of sp³-hybridized carbons (Fsp3) is 0.348. The minimum atomic E-state index is -3.62. The lowest BCUT2D eigenvalue weighted by atomic mass is 9.96. The molecule has 1 saturated carbocycles. The van der Waals surface area contributed by atoms with Crippen molar-refractivity contribution >= 4 is 27.6 Å². The zero-order valence-corrected chi connectivity index (χ0v) is 19.7. The molecule has 1 aliphatic rings. The molecule has 1 aliphatic carbocycles. The molecule has 33 heavy (non-hydrogen) atoms. The summed E-state index contributed by atoms with van der Waals surface area (Å²) in [6.45, 7) is -0.204. The topological polar surface area (TPSA) is 103 Å². The van der Waals surface area contributed by atoms with Gasteiger partial charge in [0.2, 0.25) is 15.9 Å². The first-order valence-corrected chi connectivity index (χ1v) is 12.5. The van der Waals surface area contributed by atoms with E-state index in [2.05, 4.69) is 10.2 Å². The number of carbonyl (C=O) groups is 1. The molecule has 0 amide bonds. The Labute approximate surface area is 197 Å². The predicted molar refractivity (Wildman–Crippen MR) is 122 cm³/mol. The molecule has 10 heteroatoms. The molecular formula is C23H24ClN3O5S. The zero-order chi connectivity index (χ0) is 23.4. The lowest BCUT2D eigenvalue weighted by molar-refractivity contribution is 0.0438. The largest absolute Gasteiger partial charge is 0.452 e. The number of hydrogen-bond acceptors (Lipinski definition) is 7. The molecule has 2 aromatic carbocycles. The molecule has 0 N–H and O–H groups in total. The molecule has 1 heterocycles. The number of ether oxygens (including phenoxy) is 1. The number of hydrogen-bond donors (Lipinski definition) is 0. The van der Waals surface area contributed by atoms with Gasteiger partial charge in [-0.25, -0.2) is 13.2 Å². The highest BCUT2D eigenvalue weighted by Gasteiger charge is 2.29. The third-order valence-corrected chi connectivity index (χ3v) is 7.92. The van der Waals surface area contributed by atoms with E-state index in [1.165, 1.54) is 28.6 Å². The molecule has 174 valence electrons. The van der Waals surface area contributed by atoms with Crippen LogP contribution in [0.4, 0.5) is 0 Å². The van der Waals surface area contributed by atoms with E-state index in [9.17, 15) is 13.2 Å². The molecule has 8 nitrogen and oxygen atoms in total. The maximum Gasteiger partial charge on any atom is 0.338 e. The van der Waals surface area contributed by atoms with Gasteiger partial charge in [0, 0.05) is 23.7 Å². The monoisotopic (exact) mass is 489 g/mol. The Balaban J connectivity index is 1.37. The van der Waals surface area contributed by atoms with Gasteiger partial charge in [0.15, 0.2) is 6.61 Å². The van der Waals surface area contributed by atoms with Crippen LogP contribution in [0.1, 0.15) is 48.4 Å². The van der Waals surface area contributed by atoms with Crippen molar-refractivity contribution in [2.45, 2.75) is 49.6 Å². The first-order chi connectivity index (χ1) is 15.8. The fourth-order valence-electron chi connectivity index (χ4n) is 3.80. The summed E-state index contributed by atoms with van der Waals surface area (Å²) in [7, 11) is -2.00. The quantitative estimate of drug-likeness (QED) is 0.443. The fourth-order valence-corrected chi connectivity index (χ4v) is 5.34. The van der Waals surface area contributed by atoms with E-state index < -0.39 is 16.0 Å². The van der Waals surface area contributed by atoms with Gasteiger partial charge in [-0.2, -0.15) is 4.31 Å². The Morgan fingerprint density at radius 1 is 1.06 bits per heavy atom. The third-order valence-electron chi connectivity index (χ3n) is 5.74. The van der Waals surface area contributed by atoms with Crippen LogP contribution in [0, 0.1) is 0 Å². The van der Waals surface area contributed by atoms with E-state index in [-0.39, 0.29) is 34.9 Å². The second-order valence-electron chi connectivity index (χ2n) is 7.92. The number of aromatic nitrogens is 2. The lowest BCUT2D eigenvalue weighted by Gasteiger charge is -2.30. The molecule has 0 atom stereocenters. The van der Waals surface area contributed by atoms with Crippen molar-refractivity contribution < 1.29 is 22.4 Å². The molecule has 1 aromatic heterocycles. The number of esters is 1. The molecule has 4 rings (SSSR count). The van der Waals surface area contributed by atoms with Crippen molar-refractivity contribution in [3.05, 3.63) is 65.0 Å². The minimum Gasteiger partial charge on any atom is -0.452 e. The Morgan fingerprint density at radius 3 is 2.39 bits per heavy atom. The molecule has 0 aliphatic heterocycles. The summed E-state index contributed by atoms with van der Waals surface area (Å²) in [4.78, 5) is 12.5. The van der Waals surface area contributed by atoms with Crippen molar-refractivity contribution in [1.82, 2.24) is 14.5 Å². The number of carbonyl (C=O) groups excluding carboxylic acids is 1. The Morgan fingerprint density at radius 2 is 1.73 bits per heavy atom. The van der Waals surface area contributed by atoms with Gasteiger partial charge in [0.1, 0.15) is 0 Å². The van der Waals surface area contributed by atoms with Crippen LogP contribution in [0.25, 0.3) is 11.5 Å². The third kappa shape index (κ3) is 5.43. The summed E-state index contributed by atoms with van der Waals surface area (Å²) in [6, 6.07) is 12.6. The molecule has 1 fully saturated rings. The van der Waals surface area contributed by atoms with Crippen molar-refractivity contribution in [3.8, 4) is 11.5 Å². The van der Waals surface area contributed by atoms with Gasteiger partial charge < -0.3 is 9.15 Å². The highest BCUT2D eigenvalue weighted by Crippen LogP contribution is 2.27. The summed E-state index contributed by atoms with van der Waals surface area (Å²) >= 11 is 5.87. The summed E-state index contributed by atoms with van der Waals surface area (Å²) in [5.41, 5.74) is 0.922. The Kier molecular flexibility index (Phi) is 7.11. The molecule has 0 spiro atoms. The van der Waals surface area contributed by atoms with Crippen LogP contribution in [0.15, 0.2) is 57.8 Å². The number of rotatable bonds is 7. The molecule has 3 aromatic rings. The van der Waals surface area contributed by atoms with Gasteiger partial charge in [0.05, 0.1) is 10.5 Å². The van der Waals surface area contributed by atoms with Crippen LogP contribution in [-0.2, 0) is 21.4 Å². The molecule has 0 bridgehead atoms. The number of sulfonamides is 1. The van der Waals surface area contributed by atoms with E-state index in [1.54, 1.807) is 31.3 Å². The maximum atomic E-state index is 12.9. The summed E-state index contributed by atoms with van der Waals surface area (Å²) < 4.78 is 38.1. The van der Waals surface area contributed by atoms with Crippen molar-refractivity contribution in [3.63, 3.8) is 0 Å². The highest BCUT2D eigenvalue weighted by atomic mass is 35.5. The molecule has 0 saturated heterocycles. The summed E-state index contributed by atoms with van der Waals surface area (Å²) in [5.74, 6) is -0.193. The van der Waals surface area contributed by atoms with Crippen LogP contribution in [-0.4, -0.2) is 42.0 Å². The van der Waals surface area contributed by atoms with E-state index >= 15 is 0 Å². The second kappa shape index (κ2) is 10.0. The second-order valence-corrected chi connectivity index (χ2v) is 10.4. The van der Waals surface area contributed by atoms with Gasteiger partial charge >= 0.3 is 5.97 Å². The van der Waals surface area contributed by atoms with Crippen LogP contribution in [0.2, 0.25) is 5.02 Å². The molecule has 0 radical (unpaired) electrons.